The van der Waals surface area contributed by atoms with Crippen molar-refractivity contribution < 1.29 is 14.5 Å². The molecule has 2 amide bonds. The SMILES string of the molecule is CC[C@H](C)c1ccc(NC(=O)C[NH+](CC)CC(=O)NC(C)C)cc1. The summed E-state index contributed by atoms with van der Waals surface area (Å²) in [5, 5.41) is 5.77. The topological polar surface area (TPSA) is 62.6 Å². The Hall–Kier alpha value is -1.88. The average Bonchev–Trinajstić information content (AvgIpc) is 2.53. The fraction of sp³-hybridized carbons (Fsp3) is 0.579. The van der Waals surface area contributed by atoms with Crippen LogP contribution in [0.5, 0.6) is 0 Å². The number of likely N-dealkylation sites (N-methyl/N-ethyl adjacent to an activating group) is 1. The number of nitrogens with one attached hydrogen (secondary N) is 3. The van der Waals surface area contributed by atoms with Crippen molar-refractivity contribution in [1.29, 1.82) is 0 Å². The molecule has 0 saturated heterocycles. The number of benzene rings is 1. The predicted molar refractivity (Wildman–Crippen MR) is 98.3 cm³/mol. The number of hydrogen-bond acceptors (Lipinski definition) is 2. The Balaban J connectivity index is 2.53. The third-order valence-electron chi connectivity index (χ3n) is 4.15. The highest BCUT2D eigenvalue weighted by Crippen LogP contribution is 2.20. The molecule has 3 N–H and O–H groups in total. The maximum atomic E-state index is 12.2. The van der Waals surface area contributed by atoms with E-state index in [0.29, 0.717) is 12.5 Å². The van der Waals surface area contributed by atoms with Crippen LogP contribution in [0.2, 0.25) is 0 Å². The Morgan fingerprint density at radius 1 is 1.00 bits per heavy atom. The molecule has 134 valence electrons. The summed E-state index contributed by atoms with van der Waals surface area (Å²) in [6, 6.07) is 8.12. The van der Waals surface area contributed by atoms with Crippen molar-refractivity contribution in [1.82, 2.24) is 5.32 Å². The highest BCUT2D eigenvalue weighted by molar-refractivity contribution is 5.91. The third-order valence-corrected chi connectivity index (χ3v) is 4.15. The average molecular weight is 334 g/mol. The van der Waals surface area contributed by atoms with Gasteiger partial charge in [0.05, 0.1) is 6.54 Å². The molecule has 1 unspecified atom stereocenters. The van der Waals surface area contributed by atoms with Crippen LogP contribution in [0.25, 0.3) is 0 Å². The lowest BCUT2D eigenvalue weighted by Crippen LogP contribution is -3.14. The van der Waals surface area contributed by atoms with Crippen LogP contribution in [-0.2, 0) is 9.59 Å². The molecule has 5 heteroatoms. The molecule has 0 radical (unpaired) electrons. The second-order valence-electron chi connectivity index (χ2n) is 6.66. The first-order chi connectivity index (χ1) is 11.3. The molecule has 0 aliphatic rings. The molecule has 2 atom stereocenters. The highest BCUT2D eigenvalue weighted by Gasteiger charge is 2.17. The molecule has 1 aromatic carbocycles. The highest BCUT2D eigenvalue weighted by atomic mass is 16.2. The van der Waals surface area contributed by atoms with Crippen LogP contribution >= 0.6 is 0 Å². The summed E-state index contributed by atoms with van der Waals surface area (Å²) in [4.78, 5) is 25.0. The van der Waals surface area contributed by atoms with Gasteiger partial charge in [-0.25, -0.2) is 0 Å². The summed E-state index contributed by atoms with van der Waals surface area (Å²) < 4.78 is 0. The number of anilines is 1. The Labute approximate surface area is 145 Å². The molecule has 0 bridgehead atoms. The molecule has 24 heavy (non-hydrogen) atoms. The van der Waals surface area contributed by atoms with Crippen molar-refractivity contribution in [3.8, 4) is 0 Å². The van der Waals surface area contributed by atoms with Gasteiger partial charge in [-0.1, -0.05) is 26.0 Å². The van der Waals surface area contributed by atoms with Gasteiger partial charge in [-0.2, -0.15) is 0 Å². The molecule has 0 saturated carbocycles. The zero-order chi connectivity index (χ0) is 18.1. The molecular weight excluding hydrogens is 302 g/mol. The van der Waals surface area contributed by atoms with Crippen molar-refractivity contribution in [3.05, 3.63) is 29.8 Å². The van der Waals surface area contributed by atoms with Gasteiger partial charge in [0.15, 0.2) is 13.1 Å². The van der Waals surface area contributed by atoms with Gasteiger partial charge in [0.25, 0.3) is 11.8 Å². The Bertz CT molecular complexity index is 526. The van der Waals surface area contributed by atoms with E-state index >= 15 is 0 Å². The smallest absolute Gasteiger partial charge is 0.279 e. The lowest BCUT2D eigenvalue weighted by Gasteiger charge is -2.18. The number of rotatable bonds is 9. The molecular formula is C19H32N3O2+. The first kappa shape index (κ1) is 20.2. The van der Waals surface area contributed by atoms with Crippen molar-refractivity contribution in [2.45, 2.75) is 53.0 Å². The molecule has 0 spiro atoms. The molecule has 0 aliphatic carbocycles. The monoisotopic (exact) mass is 334 g/mol. The van der Waals surface area contributed by atoms with Crippen molar-refractivity contribution in [3.63, 3.8) is 0 Å². The fourth-order valence-electron chi connectivity index (χ4n) is 2.48. The van der Waals surface area contributed by atoms with E-state index in [2.05, 4.69) is 36.6 Å². The van der Waals surface area contributed by atoms with E-state index in [-0.39, 0.29) is 24.4 Å². The Morgan fingerprint density at radius 3 is 2.08 bits per heavy atom. The largest absolute Gasteiger partial charge is 0.349 e. The molecule has 0 heterocycles. The quantitative estimate of drug-likeness (QED) is 0.642. The summed E-state index contributed by atoms with van der Waals surface area (Å²) in [7, 11) is 0. The van der Waals surface area contributed by atoms with E-state index in [1.807, 2.05) is 32.9 Å². The van der Waals surface area contributed by atoms with Crippen molar-refractivity contribution in [2.24, 2.45) is 0 Å². The van der Waals surface area contributed by atoms with E-state index in [1.165, 1.54) is 5.56 Å². The second-order valence-corrected chi connectivity index (χ2v) is 6.66. The Morgan fingerprint density at radius 2 is 1.58 bits per heavy atom. The van der Waals surface area contributed by atoms with Crippen LogP contribution in [0.4, 0.5) is 5.69 Å². The van der Waals surface area contributed by atoms with Crippen molar-refractivity contribution in [2.75, 3.05) is 25.0 Å². The zero-order valence-electron chi connectivity index (χ0n) is 15.6. The summed E-state index contributed by atoms with van der Waals surface area (Å²) in [6.45, 7) is 11.5. The first-order valence-corrected chi connectivity index (χ1v) is 8.88. The fourth-order valence-corrected chi connectivity index (χ4v) is 2.48. The van der Waals surface area contributed by atoms with Gasteiger partial charge in [-0.15, -0.1) is 0 Å². The summed E-state index contributed by atoms with van der Waals surface area (Å²) in [5.74, 6) is 0.433. The van der Waals surface area contributed by atoms with Crippen LogP contribution in [0, 0.1) is 0 Å². The van der Waals surface area contributed by atoms with E-state index in [4.69, 9.17) is 0 Å². The number of carbonyl (C=O) groups is 2. The standard InChI is InChI=1S/C19H31N3O2/c1-6-15(5)16-8-10-17(11-9-16)21-19(24)13-22(7-2)12-18(23)20-14(3)4/h8-11,14-15H,6-7,12-13H2,1-5H3,(H,20,23)(H,21,24)/p+1/t15-/m0/s1. The number of carbonyl (C=O) groups excluding carboxylic acids is 2. The summed E-state index contributed by atoms with van der Waals surface area (Å²) in [6.07, 6.45) is 1.10. The van der Waals surface area contributed by atoms with Gasteiger partial charge in [0.2, 0.25) is 0 Å². The van der Waals surface area contributed by atoms with Gasteiger partial charge in [0, 0.05) is 11.7 Å². The first-order valence-electron chi connectivity index (χ1n) is 8.88. The minimum Gasteiger partial charge on any atom is -0.349 e. The van der Waals surface area contributed by atoms with Crippen LogP contribution < -0.4 is 15.5 Å². The molecule has 1 aromatic rings. The zero-order valence-corrected chi connectivity index (χ0v) is 15.6. The van der Waals surface area contributed by atoms with Crippen LogP contribution in [0.3, 0.4) is 0 Å². The van der Waals surface area contributed by atoms with E-state index in [1.54, 1.807) is 0 Å². The van der Waals surface area contributed by atoms with Crippen molar-refractivity contribution >= 4 is 17.5 Å². The lowest BCUT2D eigenvalue weighted by molar-refractivity contribution is -0.881. The minimum atomic E-state index is -0.0690. The maximum absolute atomic E-state index is 12.2. The number of quaternary nitrogens is 1. The van der Waals surface area contributed by atoms with Gasteiger partial charge in [0.1, 0.15) is 0 Å². The van der Waals surface area contributed by atoms with E-state index in [9.17, 15) is 9.59 Å². The lowest BCUT2D eigenvalue weighted by atomic mass is 9.99. The van der Waals surface area contributed by atoms with E-state index < -0.39 is 0 Å². The number of hydrogen-bond donors (Lipinski definition) is 3. The normalized spacial score (nSPS) is 13.4. The number of amides is 2. The second kappa shape index (κ2) is 10.1. The van der Waals surface area contributed by atoms with Gasteiger partial charge < -0.3 is 15.5 Å². The van der Waals surface area contributed by atoms with Crippen LogP contribution in [0.1, 0.15) is 52.5 Å². The van der Waals surface area contributed by atoms with Gasteiger partial charge >= 0.3 is 0 Å². The molecule has 1 rings (SSSR count). The summed E-state index contributed by atoms with van der Waals surface area (Å²) in [5.41, 5.74) is 2.08. The maximum Gasteiger partial charge on any atom is 0.279 e. The van der Waals surface area contributed by atoms with Crippen LogP contribution in [-0.4, -0.2) is 37.5 Å². The van der Waals surface area contributed by atoms with Gasteiger partial charge in [-0.05, 0) is 50.8 Å². The molecule has 5 nitrogen and oxygen atoms in total. The molecule has 0 aliphatic heterocycles. The third kappa shape index (κ3) is 7.13. The Kier molecular flexibility index (Phi) is 8.47. The minimum absolute atomic E-state index is 0.0208. The van der Waals surface area contributed by atoms with Crippen LogP contribution in [0.15, 0.2) is 24.3 Å². The summed E-state index contributed by atoms with van der Waals surface area (Å²) >= 11 is 0. The predicted octanol–water partition coefficient (Wildman–Crippen LogP) is 1.57. The molecule has 0 aromatic heterocycles. The van der Waals surface area contributed by atoms with Gasteiger partial charge in [-0.3, -0.25) is 9.59 Å². The van der Waals surface area contributed by atoms with E-state index in [0.717, 1.165) is 23.6 Å². The molecule has 0 fully saturated rings.